The highest BCUT2D eigenvalue weighted by Gasteiger charge is 2.27. The minimum Gasteiger partial charge on any atom is -0.492 e. The Bertz CT molecular complexity index is 432. The number of hydrogen-bond acceptors (Lipinski definition) is 3. The molecular formula is C11H11F3O3S. The van der Waals surface area contributed by atoms with Crippen LogP contribution in [0.15, 0.2) is 18.2 Å². The maximum atomic E-state index is 11.8. The maximum Gasteiger partial charge on any atom is 0.441 e. The summed E-state index contributed by atoms with van der Waals surface area (Å²) in [5, 5.41) is 8.73. The van der Waals surface area contributed by atoms with E-state index in [1.54, 1.807) is 6.92 Å². The van der Waals surface area contributed by atoms with Crippen molar-refractivity contribution in [3.8, 4) is 5.75 Å². The molecular weight excluding hydrogens is 269 g/mol. The molecule has 0 saturated carbocycles. The van der Waals surface area contributed by atoms with Crippen LogP contribution in [0.2, 0.25) is 0 Å². The molecule has 3 nitrogen and oxygen atoms in total. The first kappa shape index (κ1) is 14.7. The first-order valence-corrected chi connectivity index (χ1v) is 5.95. The van der Waals surface area contributed by atoms with E-state index < -0.39 is 11.5 Å². The Morgan fingerprint density at radius 1 is 1.44 bits per heavy atom. The van der Waals surface area contributed by atoms with Crippen molar-refractivity contribution in [3.63, 3.8) is 0 Å². The zero-order valence-corrected chi connectivity index (χ0v) is 10.3. The second kappa shape index (κ2) is 5.99. The summed E-state index contributed by atoms with van der Waals surface area (Å²) in [6.45, 7) is 1.55. The molecule has 0 amide bonds. The van der Waals surface area contributed by atoms with Gasteiger partial charge < -0.3 is 9.84 Å². The topological polar surface area (TPSA) is 46.5 Å². The van der Waals surface area contributed by atoms with Crippen molar-refractivity contribution in [2.24, 2.45) is 0 Å². The molecule has 0 aromatic heterocycles. The number of carbonyl (C=O) groups is 1. The van der Waals surface area contributed by atoms with Gasteiger partial charge in [-0.1, -0.05) is 0 Å². The second-order valence-electron chi connectivity index (χ2n) is 3.43. The molecule has 0 heterocycles. The summed E-state index contributed by atoms with van der Waals surface area (Å²) in [5.41, 5.74) is -3.57. The molecule has 0 aliphatic carbocycles. The van der Waals surface area contributed by atoms with E-state index in [2.05, 4.69) is 0 Å². The molecule has 0 saturated heterocycles. The highest BCUT2D eigenvalue weighted by molar-refractivity contribution is 8.00. The Labute approximate surface area is 106 Å². The Balaban J connectivity index is 2.51. The predicted octanol–water partition coefficient (Wildman–Crippen LogP) is 3.33. The van der Waals surface area contributed by atoms with E-state index in [0.717, 1.165) is 0 Å². The van der Waals surface area contributed by atoms with Crippen molar-refractivity contribution < 1.29 is 27.8 Å². The van der Waals surface area contributed by atoms with Crippen LogP contribution in [-0.4, -0.2) is 28.9 Å². The van der Waals surface area contributed by atoms with Crippen molar-refractivity contribution in [3.05, 3.63) is 29.3 Å². The number of alkyl halides is 3. The van der Waals surface area contributed by atoms with Gasteiger partial charge in [0.1, 0.15) is 5.75 Å². The number of hydrogen-bond donors (Lipinski definition) is 1. The van der Waals surface area contributed by atoms with Crippen molar-refractivity contribution in [1.82, 2.24) is 0 Å². The highest BCUT2D eigenvalue weighted by Crippen LogP contribution is 2.30. The zero-order chi connectivity index (χ0) is 13.8. The Kier molecular flexibility index (Phi) is 4.89. The van der Waals surface area contributed by atoms with Crippen LogP contribution in [0.25, 0.3) is 0 Å². The van der Waals surface area contributed by atoms with Crippen LogP contribution >= 0.6 is 11.8 Å². The number of ether oxygens (including phenoxy) is 1. The van der Waals surface area contributed by atoms with Gasteiger partial charge in [0.05, 0.1) is 12.2 Å². The Hall–Kier alpha value is -1.37. The molecule has 0 radical (unpaired) electrons. The second-order valence-corrected chi connectivity index (χ2v) is 4.59. The molecule has 0 aliphatic heterocycles. The molecule has 7 heteroatoms. The van der Waals surface area contributed by atoms with Gasteiger partial charge in [0.15, 0.2) is 0 Å². The van der Waals surface area contributed by atoms with E-state index in [4.69, 9.17) is 9.84 Å². The lowest BCUT2D eigenvalue weighted by molar-refractivity contribution is -0.0329. The van der Waals surface area contributed by atoms with Crippen LogP contribution in [0.1, 0.15) is 15.9 Å². The minimum atomic E-state index is -4.26. The Morgan fingerprint density at radius 2 is 2.11 bits per heavy atom. The van der Waals surface area contributed by atoms with Gasteiger partial charge in [-0.05, 0) is 42.4 Å². The number of thioether (sulfide) groups is 1. The van der Waals surface area contributed by atoms with Crippen LogP contribution in [0.4, 0.5) is 13.2 Å². The summed E-state index contributed by atoms with van der Waals surface area (Å²) in [6, 6.07) is 4.20. The monoisotopic (exact) mass is 280 g/mol. The van der Waals surface area contributed by atoms with E-state index in [-0.39, 0.29) is 29.7 Å². The molecule has 0 unspecified atom stereocenters. The quantitative estimate of drug-likeness (QED) is 0.840. The maximum absolute atomic E-state index is 11.8. The van der Waals surface area contributed by atoms with Crippen LogP contribution < -0.4 is 4.74 Å². The summed E-state index contributed by atoms with van der Waals surface area (Å²) < 4.78 is 40.7. The largest absolute Gasteiger partial charge is 0.492 e. The minimum absolute atomic E-state index is 0.0859. The number of carboxylic acid groups (broad SMARTS) is 1. The lowest BCUT2D eigenvalue weighted by Crippen LogP contribution is -2.08. The van der Waals surface area contributed by atoms with Gasteiger partial charge in [-0.3, -0.25) is 0 Å². The third-order valence-electron chi connectivity index (χ3n) is 2.03. The van der Waals surface area contributed by atoms with Crippen LogP contribution in [-0.2, 0) is 0 Å². The first-order chi connectivity index (χ1) is 8.29. The third kappa shape index (κ3) is 4.87. The lowest BCUT2D eigenvalue weighted by Gasteiger charge is -2.10. The number of benzene rings is 1. The third-order valence-corrected chi connectivity index (χ3v) is 2.73. The van der Waals surface area contributed by atoms with E-state index in [0.29, 0.717) is 11.3 Å². The standard InChI is InChI=1S/C11H11F3O3S/c1-7-6-8(10(15)16)2-3-9(7)17-4-5-18-11(12,13)14/h2-3,6H,4-5H2,1H3,(H,15,16). The van der Waals surface area contributed by atoms with E-state index in [1.165, 1.54) is 18.2 Å². The van der Waals surface area contributed by atoms with Gasteiger partial charge in [0, 0.05) is 5.75 Å². The molecule has 1 N–H and O–H groups in total. The summed E-state index contributed by atoms with van der Waals surface area (Å²) in [4.78, 5) is 10.7. The van der Waals surface area contributed by atoms with Crippen molar-refractivity contribution in [2.45, 2.75) is 12.4 Å². The molecule has 0 spiro atoms. The highest BCUT2D eigenvalue weighted by atomic mass is 32.2. The van der Waals surface area contributed by atoms with Gasteiger partial charge in [0.25, 0.3) is 0 Å². The van der Waals surface area contributed by atoms with Gasteiger partial charge >= 0.3 is 11.5 Å². The fourth-order valence-corrected chi connectivity index (χ4v) is 1.65. The number of carboxylic acids is 1. The van der Waals surface area contributed by atoms with Crippen LogP contribution in [0.3, 0.4) is 0 Å². The summed E-state index contributed by atoms with van der Waals surface area (Å²) in [5.74, 6) is -0.871. The SMILES string of the molecule is Cc1cc(C(=O)O)ccc1OCCSC(F)(F)F. The van der Waals surface area contributed by atoms with Crippen molar-refractivity contribution >= 4 is 17.7 Å². The van der Waals surface area contributed by atoms with Crippen molar-refractivity contribution in [2.75, 3.05) is 12.4 Å². The molecule has 0 fully saturated rings. The van der Waals surface area contributed by atoms with Gasteiger partial charge in [-0.15, -0.1) is 0 Å². The first-order valence-electron chi connectivity index (χ1n) is 4.97. The molecule has 1 aromatic rings. The van der Waals surface area contributed by atoms with Gasteiger partial charge in [-0.2, -0.15) is 13.2 Å². The van der Waals surface area contributed by atoms with E-state index in [9.17, 15) is 18.0 Å². The molecule has 1 aromatic carbocycles. The average Bonchev–Trinajstić information content (AvgIpc) is 2.24. The van der Waals surface area contributed by atoms with E-state index >= 15 is 0 Å². The number of rotatable bonds is 5. The zero-order valence-electron chi connectivity index (χ0n) is 9.45. The van der Waals surface area contributed by atoms with E-state index in [1.807, 2.05) is 0 Å². The molecule has 1 rings (SSSR count). The molecule has 0 bridgehead atoms. The summed E-state index contributed by atoms with van der Waals surface area (Å²) in [7, 11) is 0. The molecule has 18 heavy (non-hydrogen) atoms. The number of halogens is 3. The number of aryl methyl sites for hydroxylation is 1. The summed E-state index contributed by atoms with van der Waals surface area (Å²) in [6.07, 6.45) is 0. The number of aromatic carboxylic acids is 1. The van der Waals surface area contributed by atoms with Gasteiger partial charge in [0.2, 0.25) is 0 Å². The average molecular weight is 280 g/mol. The lowest BCUT2D eigenvalue weighted by atomic mass is 10.1. The van der Waals surface area contributed by atoms with Crippen molar-refractivity contribution in [1.29, 1.82) is 0 Å². The molecule has 100 valence electrons. The molecule has 0 atom stereocenters. The smallest absolute Gasteiger partial charge is 0.441 e. The predicted molar refractivity (Wildman–Crippen MR) is 62.1 cm³/mol. The van der Waals surface area contributed by atoms with Crippen LogP contribution in [0, 0.1) is 6.92 Å². The Morgan fingerprint density at radius 3 is 2.61 bits per heavy atom. The van der Waals surface area contributed by atoms with Crippen LogP contribution in [0.5, 0.6) is 5.75 Å². The fraction of sp³-hybridized carbons (Fsp3) is 0.364. The normalized spacial score (nSPS) is 11.3. The summed E-state index contributed by atoms with van der Waals surface area (Å²) >= 11 is -0.152. The van der Waals surface area contributed by atoms with Gasteiger partial charge in [-0.25, -0.2) is 4.79 Å². The molecule has 0 aliphatic rings. The fourth-order valence-electron chi connectivity index (χ4n) is 1.25.